The standard InChI is InChI=1S/C27H51NO7.C20H36O8.C2H6.CH5N/c1-6-10-25(4,5)28-24(29)35-23(18-33-20-27(8-3)21-34-22-27)17-31-15-13-30-14-16-32-19-26(7-2)11-9-12-26;1-3-19(13-26-14-19)11-24-8-6-22-5-7-23-9-18(28-17-21)10-25-12-20(4-2)15-27-16-20;2*1-2/h23H,6-22H2,1-5H3,(H,28,29);17-18H,3-16H2,1-2H3;1-2H3;2H2,1H3. The lowest BCUT2D eigenvalue weighted by Gasteiger charge is -2.40. The Labute approximate surface area is 405 Å². The largest absolute Gasteiger partial charge is 0.460 e. The quantitative estimate of drug-likeness (QED) is 0.0486. The Morgan fingerprint density at radius 2 is 0.925 bits per heavy atom. The first-order valence-electron chi connectivity index (χ1n) is 25.5. The fourth-order valence-electron chi connectivity index (χ4n) is 7.58. The molecule has 4 fully saturated rings. The number of alkyl carbamates (subject to hydrolysis) is 1. The van der Waals surface area contributed by atoms with Crippen LogP contribution in [0.5, 0.6) is 0 Å². The van der Waals surface area contributed by atoms with Gasteiger partial charge in [-0.1, -0.05) is 61.3 Å². The topological polar surface area (TPSA) is 192 Å². The van der Waals surface area contributed by atoms with E-state index in [0.717, 1.165) is 85.0 Å². The van der Waals surface area contributed by atoms with Gasteiger partial charge in [-0.05, 0) is 71.3 Å². The Bertz CT molecular complexity index is 1180. The van der Waals surface area contributed by atoms with Crippen LogP contribution in [0.25, 0.3) is 0 Å². The molecule has 1 saturated carbocycles. The summed E-state index contributed by atoms with van der Waals surface area (Å²) in [5.74, 6) is 0. The molecule has 2 unspecified atom stereocenters. The van der Waals surface area contributed by atoms with Crippen molar-refractivity contribution in [3.8, 4) is 0 Å². The Morgan fingerprint density at radius 3 is 1.28 bits per heavy atom. The van der Waals surface area contributed by atoms with E-state index < -0.39 is 18.3 Å². The summed E-state index contributed by atoms with van der Waals surface area (Å²) in [6, 6.07) is 0. The van der Waals surface area contributed by atoms with Gasteiger partial charge in [-0.25, -0.2) is 4.79 Å². The number of hydrogen-bond acceptors (Lipinski definition) is 16. The molecule has 67 heavy (non-hydrogen) atoms. The summed E-state index contributed by atoms with van der Waals surface area (Å²) in [5.41, 5.74) is 5.01. The van der Waals surface area contributed by atoms with Crippen molar-refractivity contribution in [2.75, 3.05) is 152 Å². The predicted octanol–water partition coefficient (Wildman–Crippen LogP) is 6.78. The third-order valence-corrected chi connectivity index (χ3v) is 13.0. The molecular weight excluding hydrogens is 869 g/mol. The molecule has 2 atom stereocenters. The summed E-state index contributed by atoms with van der Waals surface area (Å²) in [7, 11) is 1.50. The van der Waals surface area contributed by atoms with E-state index in [1.165, 1.54) is 32.7 Å². The van der Waals surface area contributed by atoms with E-state index in [4.69, 9.17) is 61.6 Å². The molecular formula is C50H98N2O15. The maximum atomic E-state index is 12.5. The van der Waals surface area contributed by atoms with Crippen LogP contribution in [0.1, 0.15) is 120 Å². The first-order chi connectivity index (χ1) is 32.4. The normalized spacial score (nSPS) is 19.0. The Morgan fingerprint density at radius 1 is 0.567 bits per heavy atom. The van der Waals surface area contributed by atoms with Gasteiger partial charge in [0.25, 0.3) is 6.47 Å². The van der Waals surface area contributed by atoms with Crippen molar-refractivity contribution < 1.29 is 71.2 Å². The van der Waals surface area contributed by atoms with Gasteiger partial charge in [0.15, 0.2) is 6.10 Å². The minimum Gasteiger partial charge on any atom is -0.460 e. The highest BCUT2D eigenvalue weighted by Gasteiger charge is 2.39. The smallest absolute Gasteiger partial charge is 0.407 e. The Kier molecular flexibility index (Phi) is 35.0. The van der Waals surface area contributed by atoms with E-state index in [2.05, 4.69) is 45.7 Å². The summed E-state index contributed by atoms with van der Waals surface area (Å²) in [6.07, 6.45) is 8.68. The van der Waals surface area contributed by atoms with Gasteiger partial charge in [-0.3, -0.25) is 4.79 Å². The van der Waals surface area contributed by atoms with Crippen LogP contribution < -0.4 is 11.1 Å². The van der Waals surface area contributed by atoms with E-state index in [1.807, 2.05) is 27.7 Å². The molecule has 17 heteroatoms. The third-order valence-electron chi connectivity index (χ3n) is 13.0. The Balaban J connectivity index is 0.000000636. The van der Waals surface area contributed by atoms with Crippen molar-refractivity contribution >= 4 is 12.6 Å². The number of carbonyl (C=O) groups is 2. The lowest BCUT2D eigenvalue weighted by molar-refractivity contribution is -0.164. The fourth-order valence-corrected chi connectivity index (χ4v) is 7.58. The van der Waals surface area contributed by atoms with E-state index in [9.17, 15) is 9.59 Å². The van der Waals surface area contributed by atoms with Crippen LogP contribution in [-0.2, 0) is 66.4 Å². The van der Waals surface area contributed by atoms with Crippen LogP contribution in [-0.4, -0.2) is 183 Å². The molecule has 1 amide bonds. The lowest BCUT2D eigenvalue weighted by Crippen LogP contribution is -2.47. The van der Waals surface area contributed by atoms with Crippen molar-refractivity contribution in [1.82, 2.24) is 5.32 Å². The van der Waals surface area contributed by atoms with Gasteiger partial charge in [-0.15, -0.1) is 0 Å². The number of rotatable bonds is 38. The van der Waals surface area contributed by atoms with E-state index in [0.29, 0.717) is 84.6 Å². The molecule has 3 aliphatic heterocycles. The zero-order valence-electron chi connectivity index (χ0n) is 43.9. The lowest BCUT2D eigenvalue weighted by atomic mass is 9.68. The molecule has 0 spiro atoms. The molecule has 4 aliphatic rings. The second-order valence-corrected chi connectivity index (χ2v) is 18.9. The maximum Gasteiger partial charge on any atom is 0.407 e. The van der Waals surface area contributed by atoms with E-state index >= 15 is 0 Å². The molecule has 3 N–H and O–H groups in total. The highest BCUT2D eigenvalue weighted by Crippen LogP contribution is 2.43. The molecule has 0 aromatic carbocycles. The van der Waals surface area contributed by atoms with E-state index in [-0.39, 0.29) is 41.6 Å². The van der Waals surface area contributed by atoms with Crippen LogP contribution in [0.15, 0.2) is 0 Å². The zero-order valence-corrected chi connectivity index (χ0v) is 43.9. The first kappa shape index (κ1) is 63.3. The molecule has 0 bridgehead atoms. The van der Waals surface area contributed by atoms with Gasteiger partial charge in [0, 0.05) is 21.8 Å². The van der Waals surface area contributed by atoms with Gasteiger partial charge in [-0.2, -0.15) is 0 Å². The second-order valence-electron chi connectivity index (χ2n) is 18.9. The fraction of sp³-hybridized carbons (Fsp3) is 0.960. The van der Waals surface area contributed by atoms with Crippen molar-refractivity contribution in [3.63, 3.8) is 0 Å². The number of ether oxygens (including phenoxy) is 13. The number of hydrogen-bond donors (Lipinski definition) is 2. The monoisotopic (exact) mass is 967 g/mol. The highest BCUT2D eigenvalue weighted by molar-refractivity contribution is 5.68. The van der Waals surface area contributed by atoms with Crippen LogP contribution in [0, 0.1) is 21.7 Å². The third kappa shape index (κ3) is 25.8. The molecule has 3 saturated heterocycles. The van der Waals surface area contributed by atoms with Crippen LogP contribution in [0.4, 0.5) is 4.79 Å². The molecule has 4 rings (SSSR count). The maximum absolute atomic E-state index is 12.5. The average molecular weight is 967 g/mol. The van der Waals surface area contributed by atoms with Gasteiger partial charge in [0.2, 0.25) is 0 Å². The van der Waals surface area contributed by atoms with Gasteiger partial charge < -0.3 is 72.6 Å². The second kappa shape index (κ2) is 37.1. The molecule has 0 aromatic rings. The Hall–Kier alpha value is -1.74. The van der Waals surface area contributed by atoms with Gasteiger partial charge in [0.05, 0.1) is 145 Å². The number of nitrogens with two attached hydrogens (primary N) is 1. The predicted molar refractivity (Wildman–Crippen MR) is 259 cm³/mol. The number of nitrogens with one attached hydrogen (secondary N) is 1. The van der Waals surface area contributed by atoms with Crippen LogP contribution in [0.2, 0.25) is 0 Å². The minimum atomic E-state index is -0.488. The van der Waals surface area contributed by atoms with Gasteiger partial charge in [0.1, 0.15) is 6.10 Å². The van der Waals surface area contributed by atoms with Gasteiger partial charge >= 0.3 is 6.09 Å². The number of amides is 1. The summed E-state index contributed by atoms with van der Waals surface area (Å²) < 4.78 is 72.2. The highest BCUT2D eigenvalue weighted by atomic mass is 16.6. The van der Waals surface area contributed by atoms with Crippen molar-refractivity contribution in [2.45, 2.75) is 138 Å². The first-order valence-corrected chi connectivity index (χ1v) is 25.5. The summed E-state index contributed by atoms with van der Waals surface area (Å²) in [5, 5.41) is 2.95. The summed E-state index contributed by atoms with van der Waals surface area (Å²) >= 11 is 0. The van der Waals surface area contributed by atoms with E-state index in [1.54, 1.807) is 0 Å². The van der Waals surface area contributed by atoms with Crippen molar-refractivity contribution in [1.29, 1.82) is 0 Å². The van der Waals surface area contributed by atoms with Crippen LogP contribution in [0.3, 0.4) is 0 Å². The molecule has 398 valence electrons. The minimum absolute atomic E-state index is 0.0854. The zero-order chi connectivity index (χ0) is 49.8. The molecule has 17 nitrogen and oxygen atoms in total. The van der Waals surface area contributed by atoms with Crippen molar-refractivity contribution in [3.05, 3.63) is 0 Å². The van der Waals surface area contributed by atoms with Crippen LogP contribution >= 0.6 is 0 Å². The summed E-state index contributed by atoms with van der Waals surface area (Å²) in [4.78, 5) is 23.1. The van der Waals surface area contributed by atoms with Crippen molar-refractivity contribution in [2.24, 2.45) is 27.4 Å². The molecule has 1 aliphatic carbocycles. The average Bonchev–Trinajstić information content (AvgIpc) is 3.27. The summed E-state index contributed by atoms with van der Waals surface area (Å²) in [6.45, 7) is 31.7. The molecule has 3 heterocycles. The molecule has 0 radical (unpaired) electrons. The molecule has 0 aromatic heterocycles. The SMILES string of the molecule is CC.CCC1(COCCOCCOCC(COCC2(CC)COC2)OC=O)COC1.CCCC(C)(C)NC(=O)OC(COCCOCCOCC1(CC)CCC1)COCC1(CC)COC1.CN. The number of carbonyl (C=O) groups excluding carboxylic acids is 2.